The highest BCUT2D eigenvalue weighted by Gasteiger charge is 2.14. The van der Waals surface area contributed by atoms with Crippen molar-refractivity contribution in [3.8, 4) is 5.75 Å². The van der Waals surface area contributed by atoms with E-state index in [2.05, 4.69) is 56.2 Å². The number of nitrogens with one attached hydrogen (secondary N) is 1. The second-order valence-electron chi connectivity index (χ2n) is 5.86. The summed E-state index contributed by atoms with van der Waals surface area (Å²) in [6.45, 7) is 10.4. The Hall–Kier alpha value is -1.06. The highest BCUT2D eigenvalue weighted by molar-refractivity contribution is 5.38. The maximum atomic E-state index is 5.80. The molecule has 0 aliphatic carbocycles. The average molecular weight is 292 g/mol. The summed E-state index contributed by atoms with van der Waals surface area (Å²) in [5.74, 6) is 1.01. The Bertz CT molecular complexity index is 420. The molecular weight excluding hydrogens is 260 g/mol. The van der Waals surface area contributed by atoms with Gasteiger partial charge in [0.1, 0.15) is 5.75 Å². The molecule has 0 bridgehead atoms. The van der Waals surface area contributed by atoms with Crippen LogP contribution in [-0.2, 0) is 6.54 Å². The number of hydrogen-bond donors (Lipinski definition) is 1. The zero-order valence-electron chi connectivity index (χ0n) is 14.6. The van der Waals surface area contributed by atoms with Gasteiger partial charge in [0.2, 0.25) is 0 Å². The molecule has 0 amide bonds. The first kappa shape index (κ1) is 18.0. The van der Waals surface area contributed by atoms with Gasteiger partial charge < -0.3 is 10.1 Å². The van der Waals surface area contributed by atoms with Crippen molar-refractivity contribution in [3.63, 3.8) is 0 Å². The molecule has 2 atom stereocenters. The highest BCUT2D eigenvalue weighted by Crippen LogP contribution is 2.25. The average Bonchev–Trinajstić information content (AvgIpc) is 2.48. The number of ether oxygens (including phenoxy) is 1. The van der Waals surface area contributed by atoms with E-state index in [1.807, 2.05) is 14.0 Å². The minimum atomic E-state index is 0.359. The van der Waals surface area contributed by atoms with Crippen molar-refractivity contribution in [2.24, 2.45) is 0 Å². The molecule has 0 radical (unpaired) electrons. The third-order valence-electron chi connectivity index (χ3n) is 4.20. The van der Waals surface area contributed by atoms with Gasteiger partial charge >= 0.3 is 0 Å². The summed E-state index contributed by atoms with van der Waals surface area (Å²) in [6, 6.07) is 7.50. The summed E-state index contributed by atoms with van der Waals surface area (Å²) < 4.78 is 5.80. The Morgan fingerprint density at radius 3 is 2.52 bits per heavy atom. The van der Waals surface area contributed by atoms with E-state index in [0.29, 0.717) is 18.7 Å². The molecule has 1 N–H and O–H groups in total. The molecule has 0 heterocycles. The Balaban J connectivity index is 2.94. The molecule has 0 saturated carbocycles. The van der Waals surface area contributed by atoms with Gasteiger partial charge in [-0.25, -0.2) is 0 Å². The summed E-state index contributed by atoms with van der Waals surface area (Å²) in [7, 11) is 4.19. The normalized spacial score (nSPS) is 14.2. The predicted octanol–water partition coefficient (Wildman–Crippen LogP) is 3.99. The molecule has 0 aliphatic heterocycles. The lowest BCUT2D eigenvalue weighted by Gasteiger charge is -2.26. The Morgan fingerprint density at radius 2 is 1.95 bits per heavy atom. The lowest BCUT2D eigenvalue weighted by molar-refractivity contribution is 0.231. The van der Waals surface area contributed by atoms with E-state index < -0.39 is 0 Å². The number of hydrogen-bond acceptors (Lipinski definition) is 3. The maximum Gasteiger partial charge on any atom is 0.123 e. The molecule has 21 heavy (non-hydrogen) atoms. The van der Waals surface area contributed by atoms with Crippen molar-refractivity contribution < 1.29 is 4.74 Å². The quantitative estimate of drug-likeness (QED) is 0.745. The van der Waals surface area contributed by atoms with Crippen LogP contribution in [0.15, 0.2) is 18.2 Å². The first-order chi connectivity index (χ1) is 10.0. The molecule has 1 aromatic carbocycles. The number of benzene rings is 1. The van der Waals surface area contributed by atoms with Crippen LogP contribution in [0.4, 0.5) is 0 Å². The lowest BCUT2D eigenvalue weighted by Crippen LogP contribution is -2.28. The topological polar surface area (TPSA) is 24.5 Å². The van der Waals surface area contributed by atoms with Crippen molar-refractivity contribution in [2.45, 2.75) is 59.2 Å². The summed E-state index contributed by atoms with van der Waals surface area (Å²) in [4.78, 5) is 2.41. The van der Waals surface area contributed by atoms with E-state index in [0.717, 1.165) is 12.3 Å². The van der Waals surface area contributed by atoms with Gasteiger partial charge in [-0.1, -0.05) is 19.4 Å². The third-order valence-corrected chi connectivity index (χ3v) is 4.20. The van der Waals surface area contributed by atoms with Crippen LogP contribution in [-0.4, -0.2) is 31.6 Å². The van der Waals surface area contributed by atoms with Gasteiger partial charge in [-0.05, 0) is 59.0 Å². The molecule has 1 rings (SSSR count). The molecule has 120 valence electrons. The maximum absolute atomic E-state index is 5.80. The number of rotatable bonds is 9. The summed E-state index contributed by atoms with van der Waals surface area (Å²) >= 11 is 0. The highest BCUT2D eigenvalue weighted by atomic mass is 16.5. The van der Waals surface area contributed by atoms with Gasteiger partial charge in [0.25, 0.3) is 0 Å². The molecular formula is C18H32N2O. The van der Waals surface area contributed by atoms with E-state index in [-0.39, 0.29) is 0 Å². The molecule has 0 aromatic heterocycles. The van der Waals surface area contributed by atoms with Crippen LogP contribution < -0.4 is 10.1 Å². The Morgan fingerprint density at radius 1 is 1.24 bits per heavy atom. The van der Waals surface area contributed by atoms with Gasteiger partial charge in [-0.3, -0.25) is 4.90 Å². The van der Waals surface area contributed by atoms with Gasteiger partial charge in [0.15, 0.2) is 0 Å². The van der Waals surface area contributed by atoms with Crippen LogP contribution in [0.3, 0.4) is 0 Å². The van der Waals surface area contributed by atoms with Crippen LogP contribution in [0.1, 0.15) is 57.7 Å². The van der Waals surface area contributed by atoms with Crippen LogP contribution >= 0.6 is 0 Å². The molecule has 1 aromatic rings. The zero-order chi connectivity index (χ0) is 15.8. The van der Waals surface area contributed by atoms with Crippen LogP contribution in [0.2, 0.25) is 0 Å². The summed E-state index contributed by atoms with van der Waals surface area (Å²) in [6.07, 6.45) is 2.45. The molecule has 0 fully saturated rings. The van der Waals surface area contributed by atoms with Crippen molar-refractivity contribution >= 4 is 0 Å². The Labute approximate surface area is 130 Å². The molecule has 0 saturated heterocycles. The van der Waals surface area contributed by atoms with Gasteiger partial charge in [-0.2, -0.15) is 0 Å². The van der Waals surface area contributed by atoms with E-state index in [9.17, 15) is 0 Å². The monoisotopic (exact) mass is 292 g/mol. The fourth-order valence-electron chi connectivity index (χ4n) is 2.52. The fraction of sp³-hybridized carbons (Fsp3) is 0.667. The molecule has 3 nitrogen and oxygen atoms in total. The minimum absolute atomic E-state index is 0.359. The molecule has 0 spiro atoms. The second-order valence-corrected chi connectivity index (χ2v) is 5.86. The predicted molar refractivity (Wildman–Crippen MR) is 90.9 cm³/mol. The largest absolute Gasteiger partial charge is 0.494 e. The smallest absolute Gasteiger partial charge is 0.123 e. The molecule has 2 unspecified atom stereocenters. The first-order valence-corrected chi connectivity index (χ1v) is 8.16. The standard InChI is InChI=1S/C18H32N2O/c1-7-9-14(3)20(6)13-17-12-16(15(4)19-5)10-11-18(17)21-8-2/h10-12,14-15,19H,7-9,13H2,1-6H3. The SMILES string of the molecule is CCCC(C)N(C)Cc1cc(C(C)NC)ccc1OCC. The fourth-order valence-corrected chi connectivity index (χ4v) is 2.52. The van der Waals surface area contributed by atoms with Gasteiger partial charge in [-0.15, -0.1) is 0 Å². The molecule has 0 aliphatic rings. The van der Waals surface area contributed by atoms with Crippen molar-refractivity contribution in [3.05, 3.63) is 29.3 Å². The zero-order valence-corrected chi connectivity index (χ0v) is 14.6. The van der Waals surface area contributed by atoms with Crippen molar-refractivity contribution in [1.82, 2.24) is 10.2 Å². The van der Waals surface area contributed by atoms with Crippen LogP contribution in [0.25, 0.3) is 0 Å². The summed E-state index contributed by atoms with van der Waals surface area (Å²) in [5, 5.41) is 3.30. The number of nitrogens with zero attached hydrogens (tertiary/aromatic N) is 1. The minimum Gasteiger partial charge on any atom is -0.494 e. The van der Waals surface area contributed by atoms with Gasteiger partial charge in [0.05, 0.1) is 6.61 Å². The second kappa shape index (κ2) is 9.06. The van der Waals surface area contributed by atoms with Crippen LogP contribution in [0.5, 0.6) is 5.75 Å². The molecule has 3 heteroatoms. The van der Waals surface area contributed by atoms with Crippen LogP contribution in [0, 0.1) is 0 Å². The van der Waals surface area contributed by atoms with E-state index in [1.54, 1.807) is 0 Å². The van der Waals surface area contributed by atoms with Crippen molar-refractivity contribution in [2.75, 3.05) is 20.7 Å². The van der Waals surface area contributed by atoms with E-state index in [1.165, 1.54) is 24.0 Å². The first-order valence-electron chi connectivity index (χ1n) is 8.16. The van der Waals surface area contributed by atoms with E-state index >= 15 is 0 Å². The Kier molecular flexibility index (Phi) is 7.76. The third kappa shape index (κ3) is 5.33. The lowest BCUT2D eigenvalue weighted by atomic mass is 10.0. The van der Waals surface area contributed by atoms with Crippen molar-refractivity contribution in [1.29, 1.82) is 0 Å². The van der Waals surface area contributed by atoms with Gasteiger partial charge in [0, 0.05) is 24.2 Å². The summed E-state index contributed by atoms with van der Waals surface area (Å²) in [5.41, 5.74) is 2.59. The van der Waals surface area contributed by atoms with E-state index in [4.69, 9.17) is 4.74 Å².